The second-order valence-electron chi connectivity index (χ2n) is 14.7. The number of carbonyl (C=O) groups excluding carboxylic acids is 5. The first-order chi connectivity index (χ1) is 25.0. The molecule has 6 N–H and O–H groups in total. The highest BCUT2D eigenvalue weighted by Crippen LogP contribution is 2.65. The number of amides is 2. The van der Waals surface area contributed by atoms with Gasteiger partial charge in [0.2, 0.25) is 4.87 Å². The lowest BCUT2D eigenvalue weighted by Crippen LogP contribution is -2.77. The molecule has 3 aliphatic carbocycles. The molecule has 0 radical (unpaired) electrons. The average Bonchev–Trinajstić information content (AvgIpc) is 3.67. The van der Waals surface area contributed by atoms with Gasteiger partial charge in [-0.2, -0.15) is 0 Å². The number of benzene rings is 1. The number of likely N-dealkylation sites (N-methyl/N-ethyl adjacent to an activating group) is 1. The van der Waals surface area contributed by atoms with Gasteiger partial charge in [0.25, 0.3) is 11.8 Å². The summed E-state index contributed by atoms with van der Waals surface area (Å²) >= 11 is 0. The Kier molecular flexibility index (Phi) is 7.37. The van der Waals surface area contributed by atoms with E-state index in [1.807, 2.05) is 6.08 Å². The third-order valence-corrected chi connectivity index (χ3v) is 15.7. The Hall–Kier alpha value is -3.75. The van der Waals surface area contributed by atoms with Gasteiger partial charge in [0.15, 0.2) is 22.5 Å². The Morgan fingerprint density at radius 1 is 0.962 bits per heavy atom. The number of ether oxygens (including phenoxy) is 3. The van der Waals surface area contributed by atoms with Crippen LogP contribution in [0.15, 0.2) is 34.9 Å². The topological polar surface area (TPSA) is 241 Å². The van der Waals surface area contributed by atoms with E-state index in [9.17, 15) is 54.6 Å². The monoisotopic (exact) mass is 770 g/mol. The van der Waals surface area contributed by atoms with Crippen molar-refractivity contribution in [3.8, 4) is 11.5 Å². The Labute approximate surface area is 308 Å². The summed E-state index contributed by atoms with van der Waals surface area (Å²) in [5.74, 6) is -3.85. The molecule has 0 aromatic heterocycles. The Balaban J connectivity index is 0.000000153. The molecule has 1 unspecified atom stereocenters. The molecule has 16 nitrogen and oxygen atoms in total. The maximum Gasteiger partial charge on any atom is 0.309 e. The molecule has 0 saturated carbocycles. The van der Waals surface area contributed by atoms with Crippen molar-refractivity contribution in [1.82, 2.24) is 9.80 Å². The minimum atomic E-state index is -2.08. The van der Waals surface area contributed by atoms with Crippen molar-refractivity contribution in [3.63, 3.8) is 0 Å². The smallest absolute Gasteiger partial charge is 0.309 e. The number of Topliss-reactive ketones (excluding diaryl/α,β-unsaturated/α-hetero) is 2. The zero-order valence-electron chi connectivity index (χ0n) is 28.3. The van der Waals surface area contributed by atoms with Crippen LogP contribution in [0.4, 0.5) is 0 Å². The number of piperazine rings is 1. The number of phenols is 2. The van der Waals surface area contributed by atoms with E-state index in [0.29, 0.717) is 6.42 Å². The standard InChI is InChI=1S/C22H20O10.C13H14N2O4S2/c1-5-11-15(21-8(30-5)4-10(24)32-21)19(27)13-14(17(11)25)20(28)16-12(18(13)26)7-3-9(23)22(16,29)6(2)31-7;1-14-10(18)12-5-7-3-2-4-8(17)9(7)15(12)11(19)13(14,6-16)21-20-12/h5-9,21,23,26,28-29H,3-4H2,1-2H3;2-4,8-9,16-17H,5-6H2,1H3/t5?,6-,7+,8+,9-,21-,22+;8-,9-,12+,13+/m10/s1. The van der Waals surface area contributed by atoms with E-state index >= 15 is 0 Å². The van der Waals surface area contributed by atoms with Crippen molar-refractivity contribution < 1.29 is 68.8 Å². The van der Waals surface area contributed by atoms with Crippen LogP contribution in [0.25, 0.3) is 0 Å². The predicted octanol–water partition coefficient (Wildman–Crippen LogP) is -0.0155. The van der Waals surface area contributed by atoms with Gasteiger partial charge in [-0.3, -0.25) is 24.0 Å². The molecule has 8 heterocycles. The largest absolute Gasteiger partial charge is 0.507 e. The fourth-order valence-electron chi connectivity index (χ4n) is 9.50. The van der Waals surface area contributed by atoms with Crippen LogP contribution in [0.2, 0.25) is 0 Å². The van der Waals surface area contributed by atoms with E-state index in [-0.39, 0.29) is 46.9 Å². The van der Waals surface area contributed by atoms with Crippen LogP contribution >= 0.6 is 21.6 Å². The Morgan fingerprint density at radius 2 is 1.66 bits per heavy atom. The zero-order chi connectivity index (χ0) is 37.8. The average molecular weight is 771 g/mol. The number of aliphatic hydroxyl groups is 4. The van der Waals surface area contributed by atoms with Gasteiger partial charge in [-0.1, -0.05) is 29.0 Å². The first-order valence-corrected chi connectivity index (χ1v) is 19.2. The summed E-state index contributed by atoms with van der Waals surface area (Å²) < 4.78 is 16.7. The third-order valence-electron chi connectivity index (χ3n) is 12.1. The van der Waals surface area contributed by atoms with Gasteiger partial charge >= 0.3 is 5.97 Å². The first-order valence-electron chi connectivity index (χ1n) is 17.1. The molecule has 53 heavy (non-hydrogen) atoms. The molecule has 11 aliphatic rings. The lowest BCUT2D eigenvalue weighted by atomic mass is 9.66. The van der Waals surface area contributed by atoms with Crippen LogP contribution in [-0.4, -0.2) is 136 Å². The van der Waals surface area contributed by atoms with E-state index in [1.165, 1.54) is 38.3 Å². The van der Waals surface area contributed by atoms with Crippen LogP contribution in [0.3, 0.4) is 0 Å². The predicted molar refractivity (Wildman–Crippen MR) is 181 cm³/mol. The van der Waals surface area contributed by atoms with Crippen molar-refractivity contribution in [2.75, 3.05) is 13.7 Å². The van der Waals surface area contributed by atoms with Gasteiger partial charge in [-0.05, 0) is 30.2 Å². The molecule has 18 heteroatoms. The number of hydrogen-bond donors (Lipinski definition) is 6. The summed E-state index contributed by atoms with van der Waals surface area (Å²) in [6.07, 6.45) is -1.11. The molecule has 1 aromatic rings. The molecule has 8 aliphatic heterocycles. The lowest BCUT2D eigenvalue weighted by Gasteiger charge is -2.58. The van der Waals surface area contributed by atoms with Crippen molar-refractivity contribution in [3.05, 3.63) is 57.2 Å². The molecule has 2 amide bonds. The van der Waals surface area contributed by atoms with Gasteiger partial charge in [0, 0.05) is 36.6 Å². The minimum Gasteiger partial charge on any atom is -0.507 e. The summed E-state index contributed by atoms with van der Waals surface area (Å²) in [4.78, 5) is 65.3. The number of esters is 1. The molecule has 6 saturated heterocycles. The summed E-state index contributed by atoms with van der Waals surface area (Å²) in [5.41, 5.74) is -2.46. The Bertz CT molecular complexity index is 2070. The van der Waals surface area contributed by atoms with E-state index < -0.39 is 111 Å². The molecular weight excluding hydrogens is 737 g/mol. The second-order valence-corrected chi connectivity index (χ2v) is 17.4. The van der Waals surface area contributed by atoms with Crippen LogP contribution in [0.1, 0.15) is 71.1 Å². The molecule has 11 atom stereocenters. The number of carbonyl (C=O) groups is 5. The van der Waals surface area contributed by atoms with E-state index in [2.05, 4.69) is 0 Å². The zero-order valence-corrected chi connectivity index (χ0v) is 30.0. The summed E-state index contributed by atoms with van der Waals surface area (Å²) in [6.45, 7) is 2.62. The number of allylic oxidation sites excluding steroid dienone is 2. The summed E-state index contributed by atoms with van der Waals surface area (Å²) in [6, 6.07) is -0.500. The van der Waals surface area contributed by atoms with Gasteiger partial charge in [-0.15, -0.1) is 0 Å². The quantitative estimate of drug-likeness (QED) is 0.125. The van der Waals surface area contributed by atoms with E-state index in [0.717, 1.165) is 5.57 Å². The number of hydrogen-bond acceptors (Lipinski definition) is 16. The molecule has 1 spiro atoms. The van der Waals surface area contributed by atoms with E-state index in [1.54, 1.807) is 26.1 Å². The normalized spacial score (nSPS) is 41.3. The molecule has 280 valence electrons. The molecule has 1 aromatic carbocycles. The maximum absolute atomic E-state index is 13.6. The van der Waals surface area contributed by atoms with E-state index in [4.69, 9.17) is 14.2 Å². The fraction of sp³-hybridized carbons (Fsp3) is 0.514. The summed E-state index contributed by atoms with van der Waals surface area (Å²) in [5, 5.41) is 64.1. The van der Waals surface area contributed by atoms with Gasteiger partial charge in [0.1, 0.15) is 23.2 Å². The highest BCUT2D eigenvalue weighted by molar-refractivity contribution is 8.78. The van der Waals surface area contributed by atoms with Crippen molar-refractivity contribution >= 4 is 50.9 Å². The Morgan fingerprint density at radius 3 is 2.36 bits per heavy atom. The SMILES string of the molecule is CC1O[C@H]2CC(=O)O[C@H]2C2=C1C(=O)c1c(O)c3c(c(O)c1C2=O)[C@@H]1C[C@@H](O)[C@@]3(O)[C@@H](C)O1.CN1C(=O)[C@]23CC4=CC=C[C@H](O)[C@H]4N2C(=O)[C@@]1(CO)SS3. The van der Waals surface area contributed by atoms with Gasteiger partial charge in [0.05, 0.1) is 66.3 Å². The van der Waals surface area contributed by atoms with Crippen molar-refractivity contribution in [2.45, 2.75) is 97.2 Å². The number of fused-ring (bicyclic) bond motifs is 8. The number of aliphatic hydroxyl groups excluding tert-OH is 3. The fourth-order valence-corrected chi connectivity index (χ4v) is 13.1. The lowest BCUT2D eigenvalue weighted by molar-refractivity contribution is -0.246. The number of phenolic OH excluding ortho intramolecular Hbond substituents is 2. The van der Waals surface area contributed by atoms with Crippen molar-refractivity contribution in [2.24, 2.45) is 0 Å². The van der Waals surface area contributed by atoms with Crippen LogP contribution in [0, 0.1) is 0 Å². The first kappa shape index (κ1) is 35.0. The molecular formula is C35H34N2O14S2. The molecule has 6 fully saturated rings. The number of nitrogens with zero attached hydrogens (tertiary/aromatic N) is 2. The van der Waals surface area contributed by atoms with Crippen LogP contribution in [-0.2, 0) is 34.2 Å². The highest BCUT2D eigenvalue weighted by Gasteiger charge is 2.73. The molecule has 12 rings (SSSR count). The van der Waals surface area contributed by atoms with Crippen LogP contribution in [0.5, 0.6) is 11.5 Å². The second kappa shape index (κ2) is 11.2. The summed E-state index contributed by atoms with van der Waals surface area (Å²) in [7, 11) is 4.14. The minimum absolute atomic E-state index is 0.0302. The highest BCUT2D eigenvalue weighted by atomic mass is 33.1. The van der Waals surface area contributed by atoms with Crippen molar-refractivity contribution in [1.29, 1.82) is 0 Å². The third kappa shape index (κ3) is 4.07. The molecule has 4 bridgehead atoms. The number of rotatable bonds is 1. The van der Waals surface area contributed by atoms with Crippen LogP contribution < -0.4 is 0 Å². The number of aromatic hydroxyl groups is 2. The maximum atomic E-state index is 13.6. The van der Waals surface area contributed by atoms with Gasteiger partial charge < -0.3 is 54.6 Å². The number of ketones is 2. The van der Waals surface area contributed by atoms with Gasteiger partial charge in [-0.25, -0.2) is 0 Å².